The van der Waals surface area contributed by atoms with Crippen molar-refractivity contribution in [3.05, 3.63) is 53.5 Å². The van der Waals surface area contributed by atoms with Crippen LogP contribution in [-0.4, -0.2) is 29.1 Å². The molecule has 0 fully saturated rings. The first-order valence-electron chi connectivity index (χ1n) is 6.36. The molecule has 0 aliphatic heterocycles. The molecule has 1 aromatic carbocycles. The van der Waals surface area contributed by atoms with Gasteiger partial charge in [-0.15, -0.1) is 0 Å². The molecule has 0 aliphatic rings. The van der Waals surface area contributed by atoms with Crippen LogP contribution < -0.4 is 5.32 Å². The van der Waals surface area contributed by atoms with Crippen molar-refractivity contribution in [2.45, 2.75) is 13.5 Å². The molecule has 0 unspecified atom stereocenters. The highest BCUT2D eigenvalue weighted by Gasteiger charge is 2.12. The number of hydrogen-bond donors (Lipinski definition) is 2. The topological polar surface area (TPSA) is 82.8 Å². The van der Waals surface area contributed by atoms with Crippen LogP contribution in [-0.2, 0) is 6.54 Å². The summed E-state index contributed by atoms with van der Waals surface area (Å²) in [6.45, 7) is 2.04. The van der Waals surface area contributed by atoms with Crippen molar-refractivity contribution in [3.8, 4) is 0 Å². The molecule has 21 heavy (non-hydrogen) atoms. The molecule has 6 nitrogen and oxygen atoms in total. The molecular formula is C15H16N2O4. The van der Waals surface area contributed by atoms with Crippen molar-refractivity contribution in [2.75, 3.05) is 12.4 Å². The lowest BCUT2D eigenvalue weighted by Gasteiger charge is -2.17. The van der Waals surface area contributed by atoms with Crippen molar-refractivity contribution in [3.63, 3.8) is 0 Å². The number of nitrogens with one attached hydrogen (secondary N) is 1. The molecule has 110 valence electrons. The van der Waals surface area contributed by atoms with Gasteiger partial charge in [-0.1, -0.05) is 0 Å². The van der Waals surface area contributed by atoms with Crippen LogP contribution in [0.2, 0.25) is 0 Å². The van der Waals surface area contributed by atoms with E-state index in [1.807, 2.05) is 0 Å². The smallest absolute Gasteiger partial charge is 0.335 e. The second-order valence-electron chi connectivity index (χ2n) is 4.70. The number of carboxylic acid groups (broad SMARTS) is 1. The Morgan fingerprint density at radius 1 is 1.33 bits per heavy atom. The summed E-state index contributed by atoms with van der Waals surface area (Å²) in [4.78, 5) is 24.4. The van der Waals surface area contributed by atoms with Gasteiger partial charge >= 0.3 is 12.0 Å². The highest BCUT2D eigenvalue weighted by molar-refractivity contribution is 5.92. The molecule has 0 bridgehead atoms. The number of amides is 2. The number of anilines is 1. The minimum atomic E-state index is -0.986. The Morgan fingerprint density at radius 2 is 2.10 bits per heavy atom. The van der Waals surface area contributed by atoms with Gasteiger partial charge in [0.25, 0.3) is 0 Å². The molecular weight excluding hydrogens is 272 g/mol. The number of nitrogens with zero attached hydrogens (tertiary/aromatic N) is 1. The number of urea groups is 1. The molecule has 0 saturated carbocycles. The quantitative estimate of drug-likeness (QED) is 0.906. The Labute approximate surface area is 122 Å². The highest BCUT2D eigenvalue weighted by Crippen LogP contribution is 2.16. The molecule has 2 aromatic rings. The van der Waals surface area contributed by atoms with Gasteiger partial charge in [0.1, 0.15) is 5.76 Å². The number of aryl methyl sites for hydroxylation is 1. The van der Waals surface area contributed by atoms with E-state index in [2.05, 4.69) is 5.32 Å². The Morgan fingerprint density at radius 3 is 2.67 bits per heavy atom. The van der Waals surface area contributed by atoms with E-state index in [4.69, 9.17) is 9.52 Å². The van der Waals surface area contributed by atoms with E-state index >= 15 is 0 Å². The molecule has 0 spiro atoms. The van der Waals surface area contributed by atoms with Crippen LogP contribution in [0.1, 0.15) is 21.7 Å². The highest BCUT2D eigenvalue weighted by atomic mass is 16.4. The van der Waals surface area contributed by atoms with Gasteiger partial charge < -0.3 is 19.7 Å². The second kappa shape index (κ2) is 6.13. The third-order valence-electron chi connectivity index (χ3n) is 3.03. The second-order valence-corrected chi connectivity index (χ2v) is 4.70. The number of furan rings is 1. The van der Waals surface area contributed by atoms with Gasteiger partial charge in [-0.3, -0.25) is 0 Å². The van der Waals surface area contributed by atoms with Gasteiger partial charge in [0.05, 0.1) is 18.4 Å². The predicted octanol–water partition coefficient (Wildman–Crippen LogP) is 2.95. The maximum atomic E-state index is 12.0. The summed E-state index contributed by atoms with van der Waals surface area (Å²) in [5.74, 6) is -0.301. The van der Waals surface area contributed by atoms with Crippen molar-refractivity contribution in [1.29, 1.82) is 0 Å². The summed E-state index contributed by atoms with van der Waals surface area (Å²) in [5.41, 5.74) is 1.36. The van der Waals surface area contributed by atoms with Crippen molar-refractivity contribution < 1.29 is 19.1 Å². The average molecular weight is 288 g/mol. The largest absolute Gasteiger partial charge is 0.478 e. The van der Waals surface area contributed by atoms with Crippen molar-refractivity contribution in [2.24, 2.45) is 0 Å². The minimum Gasteiger partial charge on any atom is -0.478 e. The van der Waals surface area contributed by atoms with E-state index in [0.717, 1.165) is 0 Å². The Hall–Kier alpha value is -2.76. The van der Waals surface area contributed by atoms with Crippen LogP contribution in [0.4, 0.5) is 10.5 Å². The van der Waals surface area contributed by atoms with Crippen molar-refractivity contribution >= 4 is 17.7 Å². The zero-order chi connectivity index (χ0) is 15.4. The monoisotopic (exact) mass is 288 g/mol. The molecule has 2 amide bonds. The van der Waals surface area contributed by atoms with Crippen molar-refractivity contribution in [1.82, 2.24) is 4.90 Å². The molecule has 2 N–H and O–H groups in total. The number of hydrogen-bond acceptors (Lipinski definition) is 3. The summed E-state index contributed by atoms with van der Waals surface area (Å²) < 4.78 is 5.18. The summed E-state index contributed by atoms with van der Waals surface area (Å²) in [5, 5.41) is 11.7. The van der Waals surface area contributed by atoms with Crippen LogP contribution in [0, 0.1) is 6.92 Å². The lowest BCUT2D eigenvalue weighted by atomic mass is 10.1. The third kappa shape index (κ3) is 3.62. The molecule has 0 aliphatic carbocycles. The number of carbonyl (C=O) groups is 2. The molecule has 0 saturated heterocycles. The van der Waals surface area contributed by atoms with E-state index in [9.17, 15) is 9.59 Å². The zero-order valence-electron chi connectivity index (χ0n) is 11.8. The Balaban J connectivity index is 2.02. The maximum absolute atomic E-state index is 12.0. The first-order chi connectivity index (χ1) is 9.97. The Kier molecular flexibility index (Phi) is 4.27. The molecule has 2 rings (SSSR count). The fraction of sp³-hybridized carbons (Fsp3) is 0.200. The van der Waals surface area contributed by atoms with Gasteiger partial charge in [0.15, 0.2) is 0 Å². The standard InChI is InChI=1S/C15H16N2O4/c1-10-8-11(5-6-13(10)14(18)19)16-15(20)17(2)9-12-4-3-7-21-12/h3-8H,9H2,1-2H3,(H,16,20)(H,18,19). The molecule has 1 heterocycles. The number of carbonyl (C=O) groups excluding carboxylic acids is 1. The number of benzene rings is 1. The first-order valence-corrected chi connectivity index (χ1v) is 6.36. The van der Waals surface area contributed by atoms with Crippen LogP contribution >= 0.6 is 0 Å². The van der Waals surface area contributed by atoms with Crippen LogP contribution in [0.25, 0.3) is 0 Å². The average Bonchev–Trinajstić information content (AvgIpc) is 2.91. The summed E-state index contributed by atoms with van der Waals surface area (Å²) in [6, 6.07) is 7.91. The lowest BCUT2D eigenvalue weighted by Crippen LogP contribution is -2.30. The van der Waals surface area contributed by atoms with E-state index < -0.39 is 5.97 Å². The summed E-state index contributed by atoms with van der Waals surface area (Å²) in [6.07, 6.45) is 1.55. The van der Waals surface area contributed by atoms with Gasteiger partial charge in [-0.05, 0) is 42.8 Å². The maximum Gasteiger partial charge on any atom is 0.335 e. The number of aromatic carboxylic acids is 1. The van der Waals surface area contributed by atoms with E-state index in [1.165, 1.54) is 11.0 Å². The SMILES string of the molecule is Cc1cc(NC(=O)N(C)Cc2ccco2)ccc1C(=O)O. The van der Waals surface area contributed by atoms with E-state index in [1.54, 1.807) is 44.5 Å². The first kappa shape index (κ1) is 14.6. The predicted molar refractivity (Wildman–Crippen MR) is 77.3 cm³/mol. The summed E-state index contributed by atoms with van der Waals surface area (Å²) in [7, 11) is 1.65. The zero-order valence-corrected chi connectivity index (χ0v) is 11.8. The van der Waals surface area contributed by atoms with Crippen LogP contribution in [0.15, 0.2) is 41.0 Å². The number of rotatable bonds is 4. The third-order valence-corrected chi connectivity index (χ3v) is 3.03. The fourth-order valence-corrected chi connectivity index (χ4v) is 1.91. The van der Waals surface area contributed by atoms with Gasteiger partial charge in [0, 0.05) is 12.7 Å². The molecule has 0 atom stereocenters. The minimum absolute atomic E-state index is 0.219. The van der Waals surface area contributed by atoms with Gasteiger partial charge in [0.2, 0.25) is 0 Å². The fourth-order valence-electron chi connectivity index (χ4n) is 1.91. The number of carboxylic acids is 1. The normalized spacial score (nSPS) is 10.2. The molecule has 0 radical (unpaired) electrons. The van der Waals surface area contributed by atoms with Gasteiger partial charge in [-0.25, -0.2) is 9.59 Å². The van der Waals surface area contributed by atoms with Gasteiger partial charge in [-0.2, -0.15) is 0 Å². The van der Waals surface area contributed by atoms with Crippen LogP contribution in [0.5, 0.6) is 0 Å². The van der Waals surface area contributed by atoms with E-state index in [0.29, 0.717) is 23.6 Å². The lowest BCUT2D eigenvalue weighted by molar-refractivity contribution is 0.0696. The molecule has 6 heteroatoms. The molecule has 1 aromatic heterocycles. The van der Waals surface area contributed by atoms with Crippen LogP contribution in [0.3, 0.4) is 0 Å². The Bertz CT molecular complexity index is 650. The van der Waals surface area contributed by atoms with E-state index in [-0.39, 0.29) is 11.6 Å². The summed E-state index contributed by atoms with van der Waals surface area (Å²) >= 11 is 0.